The molecule has 7 heteroatoms. The van der Waals surface area contributed by atoms with Gasteiger partial charge in [-0.3, -0.25) is 0 Å². The molecule has 4 N–H and O–H groups in total. The summed E-state index contributed by atoms with van der Waals surface area (Å²) in [5.74, 6) is -0.579. The number of pyridine rings is 1. The average molecular weight is 261 g/mol. The van der Waals surface area contributed by atoms with Crippen molar-refractivity contribution < 1.29 is 9.90 Å². The first kappa shape index (κ1) is 12.9. The van der Waals surface area contributed by atoms with Crippen molar-refractivity contribution in [1.82, 2.24) is 14.5 Å². The Hall–Kier alpha value is -2.57. The number of anilines is 2. The number of aromatic nitrogens is 3. The highest BCUT2D eigenvalue weighted by Crippen LogP contribution is 2.15. The highest BCUT2D eigenvalue weighted by atomic mass is 16.4. The molecule has 2 aromatic rings. The molecule has 2 heterocycles. The maximum atomic E-state index is 11.0. The summed E-state index contributed by atoms with van der Waals surface area (Å²) in [4.78, 5) is 19.0. The largest absolute Gasteiger partial charge is 0.478 e. The summed E-state index contributed by atoms with van der Waals surface area (Å²) >= 11 is 0. The smallest absolute Gasteiger partial charge is 0.337 e. The van der Waals surface area contributed by atoms with Gasteiger partial charge < -0.3 is 20.7 Å². The third-order valence-electron chi connectivity index (χ3n) is 2.60. The topological polar surface area (TPSA) is 106 Å². The minimum absolute atomic E-state index is 0.0485. The third kappa shape index (κ3) is 3.21. The van der Waals surface area contributed by atoms with E-state index in [2.05, 4.69) is 15.3 Å². The SMILES string of the molecule is CC(Cn1ccnc1)Nc1cc(C(=O)O)c(N)cn1. The van der Waals surface area contributed by atoms with Gasteiger partial charge in [0.2, 0.25) is 0 Å². The second-order valence-corrected chi connectivity index (χ2v) is 4.27. The molecular formula is C12H15N5O2. The molecule has 1 unspecified atom stereocenters. The molecule has 0 aliphatic carbocycles. The number of nitrogens with two attached hydrogens (primary N) is 1. The zero-order chi connectivity index (χ0) is 13.8. The number of nitrogen functional groups attached to an aromatic ring is 1. The Labute approximate surface area is 110 Å². The summed E-state index contributed by atoms with van der Waals surface area (Å²) in [6.07, 6.45) is 6.63. The predicted molar refractivity (Wildman–Crippen MR) is 70.9 cm³/mol. The van der Waals surface area contributed by atoms with Gasteiger partial charge in [-0.25, -0.2) is 14.8 Å². The lowest BCUT2D eigenvalue weighted by Crippen LogP contribution is -2.22. The monoisotopic (exact) mass is 261 g/mol. The van der Waals surface area contributed by atoms with Crippen LogP contribution in [0.4, 0.5) is 11.5 Å². The summed E-state index contributed by atoms with van der Waals surface area (Å²) in [5, 5.41) is 12.1. The van der Waals surface area contributed by atoms with E-state index >= 15 is 0 Å². The van der Waals surface area contributed by atoms with E-state index in [1.54, 1.807) is 12.5 Å². The van der Waals surface area contributed by atoms with Crippen LogP contribution in [0.1, 0.15) is 17.3 Å². The van der Waals surface area contributed by atoms with Crippen molar-refractivity contribution in [2.45, 2.75) is 19.5 Å². The summed E-state index contributed by atoms with van der Waals surface area (Å²) in [6.45, 7) is 2.67. The van der Waals surface area contributed by atoms with Gasteiger partial charge >= 0.3 is 5.97 Å². The van der Waals surface area contributed by atoms with Crippen molar-refractivity contribution in [2.24, 2.45) is 0 Å². The quantitative estimate of drug-likeness (QED) is 0.743. The van der Waals surface area contributed by atoms with Gasteiger partial charge in [0.15, 0.2) is 0 Å². The fourth-order valence-electron chi connectivity index (χ4n) is 1.74. The Kier molecular flexibility index (Phi) is 3.65. The van der Waals surface area contributed by atoms with Crippen molar-refractivity contribution in [3.05, 3.63) is 36.5 Å². The third-order valence-corrected chi connectivity index (χ3v) is 2.60. The molecule has 0 bridgehead atoms. The normalized spacial score (nSPS) is 12.1. The van der Waals surface area contributed by atoms with Gasteiger partial charge in [-0.2, -0.15) is 0 Å². The number of rotatable bonds is 5. The highest BCUT2D eigenvalue weighted by Gasteiger charge is 2.11. The lowest BCUT2D eigenvalue weighted by atomic mass is 10.2. The number of nitrogens with zero attached hydrogens (tertiary/aromatic N) is 3. The van der Waals surface area contributed by atoms with E-state index in [-0.39, 0.29) is 17.3 Å². The second-order valence-electron chi connectivity index (χ2n) is 4.27. The minimum Gasteiger partial charge on any atom is -0.478 e. The minimum atomic E-state index is -1.06. The lowest BCUT2D eigenvalue weighted by Gasteiger charge is -2.15. The molecule has 100 valence electrons. The molecule has 0 saturated heterocycles. The Bertz CT molecular complexity index is 568. The number of carboxylic acids is 1. The van der Waals surface area contributed by atoms with Gasteiger partial charge in [-0.15, -0.1) is 0 Å². The molecule has 0 saturated carbocycles. The number of imidazole rings is 1. The maximum absolute atomic E-state index is 11.0. The van der Waals surface area contributed by atoms with Crippen LogP contribution in [0.3, 0.4) is 0 Å². The molecule has 0 aliphatic rings. The van der Waals surface area contributed by atoms with Crippen LogP contribution >= 0.6 is 0 Å². The van der Waals surface area contributed by atoms with Gasteiger partial charge in [-0.1, -0.05) is 0 Å². The van der Waals surface area contributed by atoms with Gasteiger partial charge in [0.25, 0.3) is 0 Å². The first-order chi connectivity index (χ1) is 9.06. The predicted octanol–water partition coefficient (Wildman–Crippen LogP) is 1.06. The highest BCUT2D eigenvalue weighted by molar-refractivity contribution is 5.94. The fraction of sp³-hybridized carbons (Fsp3) is 0.250. The van der Waals surface area contributed by atoms with Crippen molar-refractivity contribution in [3.8, 4) is 0 Å². The molecule has 0 aromatic carbocycles. The van der Waals surface area contributed by atoms with E-state index in [0.29, 0.717) is 12.4 Å². The van der Waals surface area contributed by atoms with Crippen LogP contribution in [-0.2, 0) is 6.54 Å². The molecule has 7 nitrogen and oxygen atoms in total. The molecule has 0 fully saturated rings. The van der Waals surface area contributed by atoms with E-state index in [1.807, 2.05) is 17.7 Å². The van der Waals surface area contributed by atoms with Gasteiger partial charge in [0.1, 0.15) is 5.82 Å². The molecule has 19 heavy (non-hydrogen) atoms. The Morgan fingerprint density at radius 1 is 1.63 bits per heavy atom. The zero-order valence-electron chi connectivity index (χ0n) is 10.4. The van der Waals surface area contributed by atoms with Crippen molar-refractivity contribution in [3.63, 3.8) is 0 Å². The molecule has 0 amide bonds. The van der Waals surface area contributed by atoms with Crippen molar-refractivity contribution in [1.29, 1.82) is 0 Å². The Morgan fingerprint density at radius 2 is 2.42 bits per heavy atom. The van der Waals surface area contributed by atoms with E-state index in [1.165, 1.54) is 12.3 Å². The molecule has 0 radical (unpaired) electrons. The summed E-state index contributed by atoms with van der Waals surface area (Å²) < 4.78 is 1.92. The van der Waals surface area contributed by atoms with E-state index < -0.39 is 5.97 Å². The summed E-state index contributed by atoms with van der Waals surface area (Å²) in [6, 6.07) is 1.51. The first-order valence-corrected chi connectivity index (χ1v) is 5.77. The van der Waals surface area contributed by atoms with Gasteiger partial charge in [-0.05, 0) is 13.0 Å². The number of carboxylic acid groups (broad SMARTS) is 1. The number of hydrogen-bond acceptors (Lipinski definition) is 5. The average Bonchev–Trinajstić information content (AvgIpc) is 2.84. The molecule has 0 aliphatic heterocycles. The molecule has 2 rings (SSSR count). The number of hydrogen-bond donors (Lipinski definition) is 3. The zero-order valence-corrected chi connectivity index (χ0v) is 10.4. The summed E-state index contributed by atoms with van der Waals surface area (Å²) in [7, 11) is 0. The number of aromatic carboxylic acids is 1. The van der Waals surface area contributed by atoms with Gasteiger partial charge in [0, 0.05) is 25.0 Å². The fourth-order valence-corrected chi connectivity index (χ4v) is 1.74. The van der Waals surface area contributed by atoms with Crippen LogP contribution in [0, 0.1) is 0 Å². The number of carbonyl (C=O) groups is 1. The van der Waals surface area contributed by atoms with Crippen LogP contribution in [0.5, 0.6) is 0 Å². The van der Waals surface area contributed by atoms with Crippen LogP contribution < -0.4 is 11.1 Å². The van der Waals surface area contributed by atoms with Crippen molar-refractivity contribution >= 4 is 17.5 Å². The van der Waals surface area contributed by atoms with Crippen LogP contribution in [-0.4, -0.2) is 31.7 Å². The van der Waals surface area contributed by atoms with E-state index in [0.717, 1.165) is 0 Å². The number of nitrogens with one attached hydrogen (secondary N) is 1. The van der Waals surface area contributed by atoms with Crippen LogP contribution in [0.15, 0.2) is 31.0 Å². The summed E-state index contributed by atoms with van der Waals surface area (Å²) in [5.41, 5.74) is 5.75. The second kappa shape index (κ2) is 5.38. The van der Waals surface area contributed by atoms with Crippen LogP contribution in [0.25, 0.3) is 0 Å². The maximum Gasteiger partial charge on any atom is 0.337 e. The Morgan fingerprint density at radius 3 is 3.05 bits per heavy atom. The standard InChI is InChI=1S/C12H15N5O2/c1-8(6-17-3-2-14-7-17)16-11-4-9(12(18)19)10(13)5-15-11/h2-5,7-8H,6,13H2,1H3,(H,15,16)(H,18,19). The van der Waals surface area contributed by atoms with E-state index in [9.17, 15) is 4.79 Å². The molecular weight excluding hydrogens is 246 g/mol. The molecule has 0 spiro atoms. The molecule has 2 aromatic heterocycles. The first-order valence-electron chi connectivity index (χ1n) is 5.77. The van der Waals surface area contributed by atoms with Crippen molar-refractivity contribution in [2.75, 3.05) is 11.1 Å². The lowest BCUT2D eigenvalue weighted by molar-refractivity contribution is 0.0698. The molecule has 1 atom stereocenters. The van der Waals surface area contributed by atoms with Crippen LogP contribution in [0.2, 0.25) is 0 Å². The van der Waals surface area contributed by atoms with E-state index in [4.69, 9.17) is 10.8 Å². The van der Waals surface area contributed by atoms with Gasteiger partial charge in [0.05, 0.1) is 23.8 Å². The Balaban J connectivity index is 2.06.